The van der Waals surface area contributed by atoms with Crippen LogP contribution in [0.15, 0.2) is 0 Å². The summed E-state index contributed by atoms with van der Waals surface area (Å²) in [5.74, 6) is 1.66. The first-order valence-electron chi connectivity index (χ1n) is 13.3. The van der Waals surface area contributed by atoms with Gasteiger partial charge in [0.05, 0.1) is 12.0 Å². The minimum Gasteiger partial charge on any atom is -0.436 e. The van der Waals surface area contributed by atoms with Gasteiger partial charge >= 0.3 is 12.1 Å². The molecular formula is C26H43F3O4. The van der Waals surface area contributed by atoms with Gasteiger partial charge in [0.1, 0.15) is 0 Å². The number of carbonyl (C=O) groups is 1. The third-order valence-electron chi connectivity index (χ3n) is 8.06. The van der Waals surface area contributed by atoms with E-state index in [1.165, 1.54) is 25.7 Å². The van der Waals surface area contributed by atoms with Crippen molar-refractivity contribution in [3.05, 3.63) is 0 Å². The van der Waals surface area contributed by atoms with Crippen LogP contribution in [0.3, 0.4) is 0 Å². The van der Waals surface area contributed by atoms with Crippen molar-refractivity contribution in [3.8, 4) is 0 Å². The van der Waals surface area contributed by atoms with Crippen molar-refractivity contribution in [1.82, 2.24) is 0 Å². The average Bonchev–Trinajstić information content (AvgIpc) is 2.79. The van der Waals surface area contributed by atoms with E-state index < -0.39 is 30.6 Å². The van der Waals surface area contributed by atoms with Crippen LogP contribution in [-0.4, -0.2) is 37.3 Å². The van der Waals surface area contributed by atoms with Gasteiger partial charge in [0, 0.05) is 13.0 Å². The van der Waals surface area contributed by atoms with Gasteiger partial charge in [-0.25, -0.2) is 0 Å². The normalized spacial score (nSPS) is 35.8. The Labute approximate surface area is 197 Å². The smallest absolute Gasteiger partial charge is 0.417 e. The van der Waals surface area contributed by atoms with Crippen molar-refractivity contribution in [2.24, 2.45) is 23.7 Å². The topological polar surface area (TPSA) is 44.8 Å². The molecule has 0 aromatic rings. The van der Waals surface area contributed by atoms with Crippen LogP contribution in [0.1, 0.15) is 104 Å². The van der Waals surface area contributed by atoms with Crippen LogP contribution < -0.4 is 0 Å². The van der Waals surface area contributed by atoms with Crippen LogP contribution in [0.5, 0.6) is 0 Å². The summed E-state index contributed by atoms with van der Waals surface area (Å²) in [6.07, 6.45) is 4.23. The zero-order chi connectivity index (χ0) is 23.8. The second-order valence-electron chi connectivity index (χ2n) is 10.6. The molecule has 1 aliphatic heterocycles. The molecule has 1 saturated heterocycles. The number of ether oxygens (including phenoxy) is 3. The largest absolute Gasteiger partial charge is 0.436 e. The van der Waals surface area contributed by atoms with Crippen LogP contribution >= 0.6 is 0 Å². The lowest BCUT2D eigenvalue weighted by atomic mass is 9.69. The first-order valence-corrected chi connectivity index (χ1v) is 13.3. The molecule has 0 spiro atoms. The lowest BCUT2D eigenvalue weighted by Crippen LogP contribution is -2.50. The fourth-order valence-electron chi connectivity index (χ4n) is 5.89. The summed E-state index contributed by atoms with van der Waals surface area (Å²) < 4.78 is 57.0. The summed E-state index contributed by atoms with van der Waals surface area (Å²) in [6.45, 7) is 4.70. The quantitative estimate of drug-likeness (QED) is 0.261. The Hall–Kier alpha value is -0.820. The first-order chi connectivity index (χ1) is 15.8. The number of rotatable bonds is 9. The van der Waals surface area contributed by atoms with Crippen molar-refractivity contribution < 1.29 is 32.2 Å². The van der Waals surface area contributed by atoms with E-state index in [0.717, 1.165) is 63.2 Å². The van der Waals surface area contributed by atoms with Gasteiger partial charge in [0.2, 0.25) is 6.29 Å². The molecule has 0 amide bonds. The van der Waals surface area contributed by atoms with Gasteiger partial charge in [0.25, 0.3) is 0 Å². The first kappa shape index (κ1) is 26.8. The van der Waals surface area contributed by atoms with Crippen molar-refractivity contribution in [1.29, 1.82) is 0 Å². The number of hydrogen-bond acceptors (Lipinski definition) is 4. The highest BCUT2D eigenvalue weighted by atomic mass is 19.4. The van der Waals surface area contributed by atoms with E-state index >= 15 is 0 Å². The van der Waals surface area contributed by atoms with Gasteiger partial charge in [-0.05, 0) is 69.1 Å². The molecule has 2 saturated carbocycles. The minimum atomic E-state index is -4.55. The van der Waals surface area contributed by atoms with Crippen LogP contribution in [0, 0.1) is 23.7 Å². The molecule has 0 N–H and O–H groups in total. The molecule has 3 unspecified atom stereocenters. The van der Waals surface area contributed by atoms with Gasteiger partial charge in [-0.3, -0.25) is 4.79 Å². The average molecular weight is 477 g/mol. The van der Waals surface area contributed by atoms with Crippen molar-refractivity contribution in [2.45, 2.75) is 128 Å². The van der Waals surface area contributed by atoms with E-state index in [2.05, 4.69) is 13.8 Å². The fourth-order valence-corrected chi connectivity index (χ4v) is 5.89. The molecule has 0 aromatic heterocycles. The molecule has 4 nitrogen and oxygen atoms in total. The monoisotopic (exact) mass is 476 g/mol. The molecule has 3 fully saturated rings. The molecule has 2 aliphatic carbocycles. The predicted octanol–water partition coefficient (Wildman–Crippen LogP) is 7.20. The number of unbranched alkanes of at least 4 members (excludes halogenated alkanes) is 3. The zero-order valence-electron chi connectivity index (χ0n) is 20.4. The maximum Gasteiger partial charge on any atom is 0.417 e. The van der Waals surface area contributed by atoms with Crippen LogP contribution in [0.4, 0.5) is 13.2 Å². The molecule has 3 atom stereocenters. The number of hydrogen-bond donors (Lipinski definition) is 0. The maximum atomic E-state index is 13.6. The second kappa shape index (κ2) is 12.8. The van der Waals surface area contributed by atoms with E-state index in [4.69, 9.17) is 14.2 Å². The molecule has 3 aliphatic rings. The second-order valence-corrected chi connectivity index (χ2v) is 10.6. The third kappa shape index (κ3) is 8.12. The Bertz CT molecular complexity index is 581. The molecule has 0 radical (unpaired) electrons. The summed E-state index contributed by atoms with van der Waals surface area (Å²) in [5, 5.41) is 0. The molecule has 1 heterocycles. The molecule has 7 heteroatoms. The lowest BCUT2D eigenvalue weighted by molar-refractivity contribution is -0.312. The van der Waals surface area contributed by atoms with Crippen molar-refractivity contribution in [2.75, 3.05) is 6.61 Å². The Kier molecular flexibility index (Phi) is 10.4. The van der Waals surface area contributed by atoms with Crippen molar-refractivity contribution in [3.63, 3.8) is 0 Å². The SMILES string of the molecule is CCCCCCOC1CCC(OC(=O)C2CCC(C3CCC(C)CC3)CC2)OC1C(F)(F)F. The predicted molar refractivity (Wildman–Crippen MR) is 120 cm³/mol. The van der Waals surface area contributed by atoms with Crippen molar-refractivity contribution >= 4 is 5.97 Å². The van der Waals surface area contributed by atoms with Crippen LogP contribution in [-0.2, 0) is 19.0 Å². The highest BCUT2D eigenvalue weighted by Gasteiger charge is 2.51. The van der Waals surface area contributed by atoms with Gasteiger partial charge < -0.3 is 14.2 Å². The number of halogens is 3. The highest BCUT2D eigenvalue weighted by molar-refractivity contribution is 5.72. The van der Waals surface area contributed by atoms with E-state index in [1.807, 2.05) is 0 Å². The number of alkyl halides is 3. The Morgan fingerprint density at radius 1 is 0.879 bits per heavy atom. The minimum absolute atomic E-state index is 0.183. The Morgan fingerprint density at radius 2 is 1.52 bits per heavy atom. The Morgan fingerprint density at radius 3 is 2.12 bits per heavy atom. The Balaban J connectivity index is 1.42. The van der Waals surface area contributed by atoms with Gasteiger partial charge in [0.15, 0.2) is 6.10 Å². The summed E-state index contributed by atoms with van der Waals surface area (Å²) in [5.41, 5.74) is 0. The molecular weight excluding hydrogens is 433 g/mol. The number of carbonyl (C=O) groups excluding carboxylic acids is 1. The molecule has 0 bridgehead atoms. The van der Waals surface area contributed by atoms with Gasteiger partial charge in [-0.15, -0.1) is 0 Å². The lowest BCUT2D eigenvalue weighted by Gasteiger charge is -2.38. The number of esters is 1. The summed E-state index contributed by atoms with van der Waals surface area (Å²) >= 11 is 0. The summed E-state index contributed by atoms with van der Waals surface area (Å²) in [6, 6.07) is 0. The molecule has 192 valence electrons. The van der Waals surface area contributed by atoms with Crippen LogP contribution in [0.2, 0.25) is 0 Å². The van der Waals surface area contributed by atoms with E-state index in [-0.39, 0.29) is 18.8 Å². The van der Waals surface area contributed by atoms with E-state index in [1.54, 1.807) is 0 Å². The van der Waals surface area contributed by atoms with Crippen LogP contribution in [0.25, 0.3) is 0 Å². The summed E-state index contributed by atoms with van der Waals surface area (Å²) in [4.78, 5) is 12.7. The molecule has 3 rings (SSSR count). The standard InChI is InChI=1S/C26H43F3O4/c1-3-4-5-6-17-31-22-15-16-23(32-24(22)26(27,28)29)33-25(30)21-13-11-20(12-14-21)19-9-7-18(2)8-10-19/h18-24H,3-17H2,1-2H3. The highest BCUT2D eigenvalue weighted by Crippen LogP contribution is 2.42. The zero-order valence-corrected chi connectivity index (χ0v) is 20.4. The molecule has 33 heavy (non-hydrogen) atoms. The van der Waals surface area contributed by atoms with E-state index in [0.29, 0.717) is 12.5 Å². The van der Waals surface area contributed by atoms with Gasteiger partial charge in [-0.1, -0.05) is 46.0 Å². The fraction of sp³-hybridized carbons (Fsp3) is 0.962. The van der Waals surface area contributed by atoms with Gasteiger partial charge in [-0.2, -0.15) is 13.2 Å². The van der Waals surface area contributed by atoms with E-state index in [9.17, 15) is 18.0 Å². The third-order valence-corrected chi connectivity index (χ3v) is 8.06. The summed E-state index contributed by atoms with van der Waals surface area (Å²) in [7, 11) is 0. The maximum absolute atomic E-state index is 13.6. The molecule has 0 aromatic carbocycles.